The van der Waals surface area contributed by atoms with Crippen LogP contribution in [0, 0.1) is 6.92 Å². The van der Waals surface area contributed by atoms with Crippen LogP contribution in [0.1, 0.15) is 30.5 Å². The van der Waals surface area contributed by atoms with E-state index in [9.17, 15) is 18.0 Å². The summed E-state index contributed by atoms with van der Waals surface area (Å²) in [5.41, 5.74) is 1.66. The molecule has 0 saturated carbocycles. The molecule has 1 heterocycles. The van der Waals surface area contributed by atoms with Crippen molar-refractivity contribution >= 4 is 21.9 Å². The molecule has 0 radical (unpaired) electrons. The van der Waals surface area contributed by atoms with Crippen molar-refractivity contribution in [1.29, 1.82) is 0 Å². The van der Waals surface area contributed by atoms with Gasteiger partial charge in [0.15, 0.2) is 0 Å². The zero-order valence-electron chi connectivity index (χ0n) is 15.7. The summed E-state index contributed by atoms with van der Waals surface area (Å²) in [4.78, 5) is 25.1. The fourth-order valence-corrected chi connectivity index (χ4v) is 4.59. The van der Waals surface area contributed by atoms with E-state index < -0.39 is 27.9 Å². The molecule has 2 aromatic rings. The number of aryl methyl sites for hydroxylation is 1. The molecule has 28 heavy (non-hydrogen) atoms. The summed E-state index contributed by atoms with van der Waals surface area (Å²) in [5.74, 6) is -1.27. The van der Waals surface area contributed by atoms with Crippen molar-refractivity contribution in [3.8, 4) is 0 Å². The summed E-state index contributed by atoms with van der Waals surface area (Å²) < 4.78 is 32.4. The molecule has 1 amide bonds. The first-order chi connectivity index (χ1) is 13.3. The molecular formula is C21H21NO5S. The summed E-state index contributed by atoms with van der Waals surface area (Å²) in [7, 11) is -4.10. The standard InChI is InChI=1S/C21H21NO5S/c1-3-27-21(24)17-13-19(16-7-5-4-6-8-16)22(20(23)14-17)28(25,26)18-11-9-15(2)10-12-18/h4-13,19H,3,14H2,1-2H3. The molecule has 1 aliphatic rings. The van der Waals surface area contributed by atoms with E-state index in [1.165, 1.54) is 18.2 Å². The maximum absolute atomic E-state index is 13.3. The zero-order chi connectivity index (χ0) is 20.3. The van der Waals surface area contributed by atoms with Gasteiger partial charge >= 0.3 is 5.97 Å². The Bertz CT molecular complexity index is 1010. The molecular weight excluding hydrogens is 378 g/mol. The third-order valence-electron chi connectivity index (χ3n) is 4.46. The topological polar surface area (TPSA) is 80.8 Å². The van der Waals surface area contributed by atoms with E-state index in [0.29, 0.717) is 5.56 Å². The molecule has 0 N–H and O–H groups in total. The highest BCUT2D eigenvalue weighted by Gasteiger charge is 2.40. The molecule has 3 rings (SSSR count). The number of amides is 1. The first kappa shape index (κ1) is 19.8. The van der Waals surface area contributed by atoms with E-state index in [0.717, 1.165) is 9.87 Å². The first-order valence-electron chi connectivity index (χ1n) is 8.91. The molecule has 0 spiro atoms. The van der Waals surface area contributed by atoms with Gasteiger partial charge in [0.2, 0.25) is 5.91 Å². The van der Waals surface area contributed by atoms with Gasteiger partial charge in [0.1, 0.15) is 0 Å². The van der Waals surface area contributed by atoms with Gasteiger partial charge in [0.25, 0.3) is 10.0 Å². The summed E-state index contributed by atoms with van der Waals surface area (Å²) in [6, 6.07) is 14.1. The number of benzene rings is 2. The number of carbonyl (C=O) groups is 2. The van der Waals surface area contributed by atoms with Crippen LogP contribution >= 0.6 is 0 Å². The van der Waals surface area contributed by atoms with Gasteiger partial charge in [-0.25, -0.2) is 17.5 Å². The second-order valence-electron chi connectivity index (χ2n) is 6.45. The molecule has 6 nitrogen and oxygen atoms in total. The average Bonchev–Trinajstić information content (AvgIpc) is 2.68. The van der Waals surface area contributed by atoms with Crippen LogP contribution in [-0.4, -0.2) is 31.2 Å². The minimum absolute atomic E-state index is 0.0281. The van der Waals surface area contributed by atoms with Crippen molar-refractivity contribution < 1.29 is 22.7 Å². The lowest BCUT2D eigenvalue weighted by atomic mass is 9.98. The molecule has 1 aliphatic heterocycles. The highest BCUT2D eigenvalue weighted by atomic mass is 32.2. The minimum atomic E-state index is -4.10. The van der Waals surface area contributed by atoms with Gasteiger partial charge in [0, 0.05) is 5.57 Å². The second kappa shape index (κ2) is 7.98. The maximum Gasteiger partial charge on any atom is 0.334 e. The highest BCUT2D eigenvalue weighted by Crippen LogP contribution is 2.35. The minimum Gasteiger partial charge on any atom is -0.463 e. The van der Waals surface area contributed by atoms with Gasteiger partial charge in [-0.05, 0) is 37.6 Å². The monoisotopic (exact) mass is 399 g/mol. The van der Waals surface area contributed by atoms with Crippen molar-refractivity contribution in [3.63, 3.8) is 0 Å². The number of rotatable bonds is 5. The number of nitrogens with zero attached hydrogens (tertiary/aromatic N) is 1. The van der Waals surface area contributed by atoms with Crippen LogP contribution in [0.4, 0.5) is 0 Å². The molecule has 146 valence electrons. The fraction of sp³-hybridized carbons (Fsp3) is 0.238. The van der Waals surface area contributed by atoms with Crippen LogP contribution < -0.4 is 0 Å². The zero-order valence-corrected chi connectivity index (χ0v) is 16.5. The van der Waals surface area contributed by atoms with E-state index in [1.54, 1.807) is 49.4 Å². The van der Waals surface area contributed by atoms with Gasteiger partial charge in [0.05, 0.1) is 24.0 Å². The van der Waals surface area contributed by atoms with E-state index in [-0.39, 0.29) is 23.5 Å². The third kappa shape index (κ3) is 3.84. The number of hydrogen-bond donors (Lipinski definition) is 0. The Kier molecular flexibility index (Phi) is 5.65. The second-order valence-corrected chi connectivity index (χ2v) is 8.27. The van der Waals surface area contributed by atoms with Crippen LogP contribution in [0.2, 0.25) is 0 Å². The quantitative estimate of drug-likeness (QED) is 0.722. The number of hydrogen-bond acceptors (Lipinski definition) is 5. The highest BCUT2D eigenvalue weighted by molar-refractivity contribution is 7.89. The lowest BCUT2D eigenvalue weighted by Gasteiger charge is -2.33. The van der Waals surface area contributed by atoms with Crippen molar-refractivity contribution in [2.45, 2.75) is 31.2 Å². The normalized spacial score (nSPS) is 17.2. The molecule has 0 bridgehead atoms. The van der Waals surface area contributed by atoms with Gasteiger partial charge < -0.3 is 4.74 Å². The Balaban J connectivity index is 2.11. The van der Waals surface area contributed by atoms with Crippen LogP contribution in [0.25, 0.3) is 0 Å². The van der Waals surface area contributed by atoms with Crippen molar-refractivity contribution in [2.24, 2.45) is 0 Å². The van der Waals surface area contributed by atoms with Crippen LogP contribution in [0.5, 0.6) is 0 Å². The van der Waals surface area contributed by atoms with E-state index in [4.69, 9.17) is 4.74 Å². The Hall–Kier alpha value is -2.93. The maximum atomic E-state index is 13.3. The lowest BCUT2D eigenvalue weighted by Crippen LogP contribution is -2.42. The Labute approximate surface area is 164 Å². The summed E-state index contributed by atoms with van der Waals surface area (Å²) >= 11 is 0. The molecule has 0 aliphatic carbocycles. The van der Waals surface area contributed by atoms with Crippen molar-refractivity contribution in [2.75, 3.05) is 6.61 Å². The molecule has 1 unspecified atom stereocenters. The Morgan fingerprint density at radius 1 is 1.11 bits per heavy atom. The summed E-state index contributed by atoms with van der Waals surface area (Å²) in [5, 5.41) is 0. The van der Waals surface area contributed by atoms with E-state index in [2.05, 4.69) is 0 Å². The average molecular weight is 399 g/mol. The molecule has 2 aromatic carbocycles. The van der Waals surface area contributed by atoms with Crippen molar-refractivity contribution in [1.82, 2.24) is 4.31 Å². The predicted octanol–water partition coefficient (Wildman–Crippen LogP) is 3.15. The molecule has 1 atom stereocenters. The molecule has 0 saturated heterocycles. The first-order valence-corrected chi connectivity index (χ1v) is 10.3. The van der Waals surface area contributed by atoms with E-state index >= 15 is 0 Å². The van der Waals surface area contributed by atoms with Gasteiger partial charge in [-0.3, -0.25) is 4.79 Å². The largest absolute Gasteiger partial charge is 0.463 e. The van der Waals surface area contributed by atoms with Crippen LogP contribution in [0.15, 0.2) is 71.1 Å². The predicted molar refractivity (Wildman–Crippen MR) is 104 cm³/mol. The fourth-order valence-electron chi connectivity index (χ4n) is 3.07. The summed E-state index contributed by atoms with van der Waals surface area (Å²) in [6.07, 6.45) is 1.17. The number of esters is 1. The third-order valence-corrected chi connectivity index (χ3v) is 6.27. The number of sulfonamides is 1. The SMILES string of the molecule is CCOC(=O)C1=CC(c2ccccc2)N(S(=O)(=O)c2ccc(C)cc2)C(=O)C1. The summed E-state index contributed by atoms with van der Waals surface area (Å²) in [6.45, 7) is 3.70. The van der Waals surface area contributed by atoms with Gasteiger partial charge in [-0.2, -0.15) is 0 Å². The Morgan fingerprint density at radius 3 is 2.36 bits per heavy atom. The number of carbonyl (C=O) groups excluding carboxylic acids is 2. The van der Waals surface area contributed by atoms with Crippen LogP contribution in [-0.2, 0) is 24.3 Å². The van der Waals surface area contributed by atoms with E-state index in [1.807, 2.05) is 6.92 Å². The molecule has 0 aromatic heterocycles. The molecule has 0 fully saturated rings. The van der Waals surface area contributed by atoms with Gasteiger partial charge in [-0.1, -0.05) is 48.0 Å². The number of ether oxygens (including phenoxy) is 1. The van der Waals surface area contributed by atoms with Gasteiger partial charge in [-0.15, -0.1) is 0 Å². The smallest absolute Gasteiger partial charge is 0.334 e. The van der Waals surface area contributed by atoms with Crippen LogP contribution in [0.3, 0.4) is 0 Å². The molecule has 7 heteroatoms. The Morgan fingerprint density at radius 2 is 1.75 bits per heavy atom. The lowest BCUT2D eigenvalue weighted by molar-refractivity contribution is -0.140. The van der Waals surface area contributed by atoms with Crippen molar-refractivity contribution in [3.05, 3.63) is 77.4 Å².